The maximum Gasteiger partial charge on any atom is 0.293 e. The van der Waals surface area contributed by atoms with Crippen LogP contribution in [0, 0.1) is 16.0 Å². The van der Waals surface area contributed by atoms with Gasteiger partial charge >= 0.3 is 0 Å². The predicted molar refractivity (Wildman–Crippen MR) is 88.6 cm³/mol. The molecule has 0 atom stereocenters. The Morgan fingerprint density at radius 1 is 1.13 bits per heavy atom. The molecule has 1 aromatic carbocycles. The molecule has 1 amide bonds. The highest BCUT2D eigenvalue weighted by molar-refractivity contribution is 5.96. The molecule has 3 rings (SSSR count). The second kappa shape index (κ2) is 6.56. The minimum atomic E-state index is -0.427. The van der Waals surface area contributed by atoms with Crippen LogP contribution in [-0.4, -0.2) is 22.9 Å². The number of amides is 1. The molecule has 0 spiro atoms. The van der Waals surface area contributed by atoms with Crippen LogP contribution in [0.5, 0.6) is 0 Å². The Labute approximate surface area is 135 Å². The Balaban J connectivity index is 1.69. The molecule has 2 saturated carbocycles. The van der Waals surface area contributed by atoms with Crippen molar-refractivity contribution in [1.82, 2.24) is 5.32 Å². The van der Waals surface area contributed by atoms with Gasteiger partial charge in [0.05, 0.1) is 4.92 Å². The summed E-state index contributed by atoms with van der Waals surface area (Å²) in [7, 11) is 0. The van der Waals surface area contributed by atoms with Crippen molar-refractivity contribution in [1.29, 1.82) is 0 Å². The van der Waals surface area contributed by atoms with Gasteiger partial charge in [-0.2, -0.15) is 0 Å². The fourth-order valence-corrected chi connectivity index (χ4v) is 3.07. The summed E-state index contributed by atoms with van der Waals surface area (Å²) in [6, 6.07) is 5.21. The number of nitrogens with one attached hydrogen (secondary N) is 2. The second-order valence-corrected chi connectivity index (χ2v) is 6.84. The fraction of sp³-hybridized carbons (Fsp3) is 0.588. The summed E-state index contributed by atoms with van der Waals surface area (Å²) in [5, 5.41) is 17.4. The number of rotatable bonds is 5. The summed E-state index contributed by atoms with van der Waals surface area (Å²) in [6.45, 7) is 2.23. The molecular formula is C17H23N3O3. The molecule has 2 N–H and O–H groups in total. The first kappa shape index (κ1) is 15.8. The van der Waals surface area contributed by atoms with Crippen LogP contribution in [-0.2, 0) is 0 Å². The normalized spacial score (nSPS) is 24.0. The van der Waals surface area contributed by atoms with E-state index in [2.05, 4.69) is 17.6 Å². The van der Waals surface area contributed by atoms with Gasteiger partial charge in [-0.1, -0.05) is 6.92 Å². The molecule has 2 aliphatic rings. The molecular weight excluding hydrogens is 294 g/mol. The Hall–Kier alpha value is -2.11. The van der Waals surface area contributed by atoms with Crippen LogP contribution < -0.4 is 10.6 Å². The quantitative estimate of drug-likeness (QED) is 0.643. The van der Waals surface area contributed by atoms with E-state index in [1.807, 2.05) is 0 Å². The Morgan fingerprint density at radius 3 is 2.39 bits per heavy atom. The van der Waals surface area contributed by atoms with E-state index in [9.17, 15) is 14.9 Å². The van der Waals surface area contributed by atoms with Gasteiger partial charge in [-0.15, -0.1) is 0 Å². The molecule has 124 valence electrons. The van der Waals surface area contributed by atoms with E-state index in [0.717, 1.165) is 44.4 Å². The lowest BCUT2D eigenvalue weighted by Gasteiger charge is -2.26. The van der Waals surface area contributed by atoms with Crippen LogP contribution in [0.25, 0.3) is 0 Å². The van der Waals surface area contributed by atoms with Crippen LogP contribution in [0.1, 0.15) is 55.8 Å². The standard InChI is InChI=1S/C17H23N3O3/c1-11-2-5-14(6-3-11)19-17(21)12-4-9-15(18-13-7-8-13)16(10-12)20(22)23/h4,9-11,13-14,18H,2-3,5-8H2,1H3,(H,19,21). The van der Waals surface area contributed by atoms with Crippen LogP contribution >= 0.6 is 0 Å². The molecule has 2 aliphatic carbocycles. The lowest BCUT2D eigenvalue weighted by molar-refractivity contribution is -0.384. The molecule has 2 fully saturated rings. The third-order valence-electron chi connectivity index (χ3n) is 4.74. The number of hydrogen-bond donors (Lipinski definition) is 2. The van der Waals surface area contributed by atoms with Gasteiger partial charge in [0.15, 0.2) is 0 Å². The smallest absolute Gasteiger partial charge is 0.293 e. The highest BCUT2D eigenvalue weighted by atomic mass is 16.6. The monoisotopic (exact) mass is 317 g/mol. The maximum absolute atomic E-state index is 12.4. The van der Waals surface area contributed by atoms with Crippen molar-refractivity contribution in [3.05, 3.63) is 33.9 Å². The molecule has 0 radical (unpaired) electrons. The molecule has 0 bridgehead atoms. The summed E-state index contributed by atoms with van der Waals surface area (Å²) in [5.74, 6) is 0.502. The van der Waals surface area contributed by atoms with Gasteiger partial charge in [0, 0.05) is 23.7 Å². The zero-order valence-corrected chi connectivity index (χ0v) is 13.4. The third-order valence-corrected chi connectivity index (χ3v) is 4.74. The predicted octanol–water partition coefficient (Wildman–Crippen LogP) is 3.48. The van der Waals surface area contributed by atoms with Crippen molar-refractivity contribution >= 4 is 17.3 Å². The van der Waals surface area contributed by atoms with Gasteiger partial charge in [0.1, 0.15) is 5.69 Å². The largest absolute Gasteiger partial charge is 0.377 e. The first-order chi connectivity index (χ1) is 11.0. The number of nitro groups is 1. The number of hydrogen-bond acceptors (Lipinski definition) is 4. The van der Waals surface area contributed by atoms with Crippen LogP contribution in [0.3, 0.4) is 0 Å². The average Bonchev–Trinajstić information content (AvgIpc) is 3.33. The molecule has 1 aromatic rings. The lowest BCUT2D eigenvalue weighted by atomic mass is 9.87. The molecule has 0 aliphatic heterocycles. The number of anilines is 1. The molecule has 0 aromatic heterocycles. The van der Waals surface area contributed by atoms with E-state index in [1.165, 1.54) is 6.07 Å². The highest BCUT2D eigenvalue weighted by Crippen LogP contribution is 2.31. The van der Waals surface area contributed by atoms with Crippen LogP contribution in [0.15, 0.2) is 18.2 Å². The summed E-state index contributed by atoms with van der Waals surface area (Å²) < 4.78 is 0. The average molecular weight is 317 g/mol. The zero-order valence-electron chi connectivity index (χ0n) is 13.4. The SMILES string of the molecule is CC1CCC(NC(=O)c2ccc(NC3CC3)c([N+](=O)[O-])c2)CC1. The number of carbonyl (C=O) groups excluding carboxylic acids is 1. The van der Waals surface area contributed by atoms with Crippen LogP contribution in [0.4, 0.5) is 11.4 Å². The van der Waals surface area contributed by atoms with Gasteiger partial charge in [-0.25, -0.2) is 0 Å². The van der Waals surface area contributed by atoms with Gasteiger partial charge in [-0.05, 0) is 56.6 Å². The summed E-state index contributed by atoms with van der Waals surface area (Å²) in [5.41, 5.74) is 0.832. The minimum absolute atomic E-state index is 0.0261. The summed E-state index contributed by atoms with van der Waals surface area (Å²) in [6.07, 6.45) is 6.29. The number of nitro benzene ring substituents is 1. The van der Waals surface area contributed by atoms with Crippen LogP contribution in [0.2, 0.25) is 0 Å². The molecule has 23 heavy (non-hydrogen) atoms. The summed E-state index contributed by atoms with van der Waals surface area (Å²) >= 11 is 0. The van der Waals surface area contributed by atoms with E-state index in [4.69, 9.17) is 0 Å². The van der Waals surface area contributed by atoms with Crippen molar-refractivity contribution in [2.45, 2.75) is 57.5 Å². The Bertz CT molecular complexity index is 605. The van der Waals surface area contributed by atoms with E-state index >= 15 is 0 Å². The molecule has 6 nitrogen and oxygen atoms in total. The molecule has 6 heteroatoms. The Kier molecular flexibility index (Phi) is 4.50. The first-order valence-electron chi connectivity index (χ1n) is 8.39. The topological polar surface area (TPSA) is 84.3 Å². The maximum atomic E-state index is 12.4. The highest BCUT2D eigenvalue weighted by Gasteiger charge is 2.26. The lowest BCUT2D eigenvalue weighted by Crippen LogP contribution is -2.37. The Morgan fingerprint density at radius 2 is 1.78 bits per heavy atom. The third kappa shape index (κ3) is 4.00. The second-order valence-electron chi connectivity index (χ2n) is 6.84. The van der Waals surface area contributed by atoms with E-state index in [-0.39, 0.29) is 17.6 Å². The minimum Gasteiger partial charge on any atom is -0.377 e. The van der Waals surface area contributed by atoms with Gasteiger partial charge in [0.2, 0.25) is 0 Å². The zero-order chi connectivity index (χ0) is 16.4. The molecule has 0 unspecified atom stereocenters. The fourth-order valence-electron chi connectivity index (χ4n) is 3.07. The van der Waals surface area contributed by atoms with Crippen molar-refractivity contribution in [3.8, 4) is 0 Å². The van der Waals surface area contributed by atoms with Gasteiger partial charge in [0.25, 0.3) is 11.6 Å². The number of nitrogens with zero attached hydrogens (tertiary/aromatic N) is 1. The van der Waals surface area contributed by atoms with E-state index in [0.29, 0.717) is 17.3 Å². The number of benzene rings is 1. The van der Waals surface area contributed by atoms with Crippen molar-refractivity contribution in [2.24, 2.45) is 5.92 Å². The number of carbonyl (C=O) groups is 1. The van der Waals surface area contributed by atoms with Crippen molar-refractivity contribution < 1.29 is 9.72 Å². The van der Waals surface area contributed by atoms with Crippen molar-refractivity contribution in [2.75, 3.05) is 5.32 Å². The molecule has 0 saturated heterocycles. The van der Waals surface area contributed by atoms with Gasteiger partial charge in [-0.3, -0.25) is 14.9 Å². The molecule has 0 heterocycles. The van der Waals surface area contributed by atoms with Gasteiger partial charge < -0.3 is 10.6 Å². The van der Waals surface area contributed by atoms with E-state index < -0.39 is 4.92 Å². The first-order valence-corrected chi connectivity index (χ1v) is 8.39. The summed E-state index contributed by atoms with van der Waals surface area (Å²) in [4.78, 5) is 23.2. The van der Waals surface area contributed by atoms with E-state index in [1.54, 1.807) is 12.1 Å². The van der Waals surface area contributed by atoms with Crippen molar-refractivity contribution in [3.63, 3.8) is 0 Å².